The van der Waals surface area contributed by atoms with Crippen molar-refractivity contribution in [3.8, 4) is 0 Å². The molecular formula is C17H28ClN3O. The second-order valence-electron chi connectivity index (χ2n) is 5.87. The largest absolute Gasteiger partial charge is 0.327 e. The summed E-state index contributed by atoms with van der Waals surface area (Å²) in [4.78, 5) is 16.8. The molecule has 2 unspecified atom stereocenters. The van der Waals surface area contributed by atoms with Gasteiger partial charge in [-0.25, -0.2) is 0 Å². The highest BCUT2D eigenvalue weighted by Crippen LogP contribution is 2.20. The van der Waals surface area contributed by atoms with Crippen LogP contribution in [0.1, 0.15) is 33.1 Å². The number of amides is 1. The lowest BCUT2D eigenvalue weighted by Gasteiger charge is -2.38. The molecule has 0 radical (unpaired) electrons. The Bertz CT molecular complexity index is 452. The van der Waals surface area contributed by atoms with E-state index < -0.39 is 0 Å². The smallest absolute Gasteiger partial charge is 0.241 e. The number of rotatable bonds is 5. The summed E-state index contributed by atoms with van der Waals surface area (Å²) in [6.45, 7) is 6.20. The first-order valence-electron chi connectivity index (χ1n) is 7.98. The Morgan fingerprint density at radius 3 is 2.64 bits per heavy atom. The molecule has 0 aromatic heterocycles. The van der Waals surface area contributed by atoms with Crippen molar-refractivity contribution in [1.82, 2.24) is 4.90 Å². The van der Waals surface area contributed by atoms with Gasteiger partial charge < -0.3 is 10.6 Å². The van der Waals surface area contributed by atoms with Crippen LogP contribution in [0.3, 0.4) is 0 Å². The number of para-hydroxylation sites is 1. The van der Waals surface area contributed by atoms with Crippen molar-refractivity contribution in [3.05, 3.63) is 30.3 Å². The van der Waals surface area contributed by atoms with Crippen LogP contribution in [0.15, 0.2) is 30.3 Å². The molecule has 0 aliphatic carbocycles. The van der Waals surface area contributed by atoms with Crippen LogP contribution in [0.25, 0.3) is 0 Å². The Hall–Kier alpha value is -1.10. The van der Waals surface area contributed by atoms with Crippen LogP contribution < -0.4 is 10.6 Å². The minimum Gasteiger partial charge on any atom is -0.327 e. The normalized spacial score (nSPS) is 20.0. The number of likely N-dealkylation sites (tertiary alicyclic amines) is 1. The molecule has 1 aromatic carbocycles. The van der Waals surface area contributed by atoms with Crippen molar-refractivity contribution in [3.63, 3.8) is 0 Å². The molecule has 4 nitrogen and oxygen atoms in total. The van der Waals surface area contributed by atoms with Crippen LogP contribution in [0.5, 0.6) is 0 Å². The molecule has 2 atom stereocenters. The molecule has 1 fully saturated rings. The summed E-state index contributed by atoms with van der Waals surface area (Å²) in [6.07, 6.45) is 3.48. The average Bonchev–Trinajstić information content (AvgIpc) is 2.49. The molecule has 0 saturated carbocycles. The van der Waals surface area contributed by atoms with Crippen LogP contribution in [-0.2, 0) is 4.79 Å². The van der Waals surface area contributed by atoms with Crippen molar-refractivity contribution in [2.75, 3.05) is 24.5 Å². The molecule has 124 valence electrons. The molecular weight excluding hydrogens is 298 g/mol. The molecule has 22 heavy (non-hydrogen) atoms. The van der Waals surface area contributed by atoms with Crippen LogP contribution in [-0.4, -0.2) is 42.5 Å². The van der Waals surface area contributed by atoms with Crippen LogP contribution in [0, 0.1) is 0 Å². The third kappa shape index (κ3) is 4.70. The van der Waals surface area contributed by atoms with Crippen molar-refractivity contribution < 1.29 is 4.79 Å². The van der Waals surface area contributed by atoms with Gasteiger partial charge in [0.2, 0.25) is 5.91 Å². The molecule has 1 aliphatic rings. The molecule has 1 heterocycles. The number of anilines is 1. The Morgan fingerprint density at radius 2 is 2.05 bits per heavy atom. The number of hydrogen-bond acceptors (Lipinski definition) is 3. The molecule has 2 N–H and O–H groups in total. The van der Waals surface area contributed by atoms with Gasteiger partial charge in [-0.15, -0.1) is 12.4 Å². The standard InChI is InChI=1S/C17H27N3O.ClH/c1-3-20(15-9-5-4-6-10-15)17(21)13-19-12-8-7-11-16(19)14(2)18;/h4-6,9-10,14,16H,3,7-8,11-13,18H2,1-2H3;1H. The topological polar surface area (TPSA) is 49.6 Å². The van der Waals surface area contributed by atoms with Gasteiger partial charge in [0, 0.05) is 24.3 Å². The summed E-state index contributed by atoms with van der Waals surface area (Å²) in [5.41, 5.74) is 7.06. The highest BCUT2D eigenvalue weighted by Gasteiger charge is 2.28. The number of nitrogens with two attached hydrogens (primary N) is 1. The van der Waals surface area contributed by atoms with Crippen LogP contribution in [0.4, 0.5) is 5.69 Å². The second-order valence-corrected chi connectivity index (χ2v) is 5.87. The van der Waals surface area contributed by atoms with Crippen molar-refractivity contribution in [2.24, 2.45) is 5.73 Å². The van der Waals surface area contributed by atoms with Gasteiger partial charge in [0.15, 0.2) is 0 Å². The second kappa shape index (κ2) is 9.13. The Kier molecular flexibility index (Phi) is 7.87. The summed E-state index contributed by atoms with van der Waals surface area (Å²) < 4.78 is 0. The molecule has 1 aromatic rings. The van der Waals surface area contributed by atoms with Gasteiger partial charge in [-0.2, -0.15) is 0 Å². The number of nitrogens with zero attached hydrogens (tertiary/aromatic N) is 2. The zero-order valence-electron chi connectivity index (χ0n) is 13.6. The lowest BCUT2D eigenvalue weighted by Crippen LogP contribution is -2.52. The van der Waals surface area contributed by atoms with E-state index in [-0.39, 0.29) is 24.4 Å². The van der Waals surface area contributed by atoms with Gasteiger partial charge in [-0.05, 0) is 45.4 Å². The summed E-state index contributed by atoms with van der Waals surface area (Å²) in [5.74, 6) is 0.163. The lowest BCUT2D eigenvalue weighted by atomic mass is 9.97. The van der Waals surface area contributed by atoms with Gasteiger partial charge in [0.1, 0.15) is 0 Å². The van der Waals surface area contributed by atoms with Gasteiger partial charge >= 0.3 is 0 Å². The van der Waals surface area contributed by atoms with E-state index in [9.17, 15) is 4.79 Å². The molecule has 1 saturated heterocycles. The zero-order chi connectivity index (χ0) is 15.2. The van der Waals surface area contributed by atoms with Crippen molar-refractivity contribution in [1.29, 1.82) is 0 Å². The van der Waals surface area contributed by atoms with E-state index in [4.69, 9.17) is 5.73 Å². The van der Waals surface area contributed by atoms with Crippen molar-refractivity contribution >= 4 is 24.0 Å². The maximum atomic E-state index is 12.7. The SMILES string of the molecule is CCN(C(=O)CN1CCCCC1C(C)N)c1ccccc1.Cl. The Balaban J connectivity index is 0.00000242. The number of benzene rings is 1. The molecule has 1 amide bonds. The number of likely N-dealkylation sites (N-methyl/N-ethyl adjacent to an activating group) is 1. The lowest BCUT2D eigenvalue weighted by molar-refractivity contribution is -0.120. The number of carbonyl (C=O) groups is 1. The quantitative estimate of drug-likeness (QED) is 0.905. The van der Waals surface area contributed by atoms with E-state index in [2.05, 4.69) is 4.90 Å². The average molecular weight is 326 g/mol. The minimum absolute atomic E-state index is 0. The predicted octanol–water partition coefficient (Wildman–Crippen LogP) is 2.66. The summed E-state index contributed by atoms with van der Waals surface area (Å²) in [6, 6.07) is 10.3. The number of piperidine rings is 1. The first-order valence-corrected chi connectivity index (χ1v) is 7.98. The summed E-state index contributed by atoms with van der Waals surface area (Å²) in [7, 11) is 0. The fraction of sp³-hybridized carbons (Fsp3) is 0.588. The predicted molar refractivity (Wildman–Crippen MR) is 94.6 cm³/mol. The Morgan fingerprint density at radius 1 is 1.36 bits per heavy atom. The van der Waals surface area contributed by atoms with Gasteiger partial charge in [0.25, 0.3) is 0 Å². The monoisotopic (exact) mass is 325 g/mol. The Labute approximate surface area is 140 Å². The highest BCUT2D eigenvalue weighted by molar-refractivity contribution is 5.94. The molecule has 0 spiro atoms. The summed E-state index contributed by atoms with van der Waals surface area (Å²) >= 11 is 0. The number of halogens is 1. The van der Waals surface area contributed by atoms with Gasteiger partial charge in [0.05, 0.1) is 6.54 Å². The minimum atomic E-state index is 0. The van der Waals surface area contributed by atoms with E-state index >= 15 is 0 Å². The zero-order valence-corrected chi connectivity index (χ0v) is 14.4. The van der Waals surface area contributed by atoms with Gasteiger partial charge in [-0.1, -0.05) is 24.6 Å². The van der Waals surface area contributed by atoms with Crippen molar-refractivity contribution in [2.45, 2.75) is 45.2 Å². The molecule has 5 heteroatoms. The van der Waals surface area contributed by atoms with E-state index in [0.29, 0.717) is 19.1 Å². The maximum Gasteiger partial charge on any atom is 0.241 e. The van der Waals surface area contributed by atoms with E-state index in [0.717, 1.165) is 25.1 Å². The van der Waals surface area contributed by atoms with Crippen LogP contribution >= 0.6 is 12.4 Å². The molecule has 0 bridgehead atoms. The van der Waals surface area contributed by atoms with Gasteiger partial charge in [-0.3, -0.25) is 9.69 Å². The van der Waals surface area contributed by atoms with E-state index in [1.165, 1.54) is 6.42 Å². The first kappa shape index (κ1) is 18.9. The van der Waals surface area contributed by atoms with E-state index in [1.54, 1.807) is 0 Å². The van der Waals surface area contributed by atoms with Crippen LogP contribution in [0.2, 0.25) is 0 Å². The maximum absolute atomic E-state index is 12.7. The van der Waals surface area contributed by atoms with E-state index in [1.807, 2.05) is 49.1 Å². The molecule has 1 aliphatic heterocycles. The molecule has 2 rings (SSSR count). The third-order valence-corrected chi connectivity index (χ3v) is 4.29. The first-order chi connectivity index (χ1) is 10.1. The summed E-state index contributed by atoms with van der Waals surface area (Å²) in [5, 5.41) is 0. The third-order valence-electron chi connectivity index (χ3n) is 4.29. The fourth-order valence-corrected chi connectivity index (χ4v) is 3.18. The number of carbonyl (C=O) groups excluding carboxylic acids is 1. The fourth-order valence-electron chi connectivity index (χ4n) is 3.18. The number of hydrogen-bond donors (Lipinski definition) is 1. The highest BCUT2D eigenvalue weighted by atomic mass is 35.5.